The van der Waals surface area contributed by atoms with Crippen LogP contribution in [0.1, 0.15) is 79.1 Å². The molecule has 4 aliphatic rings. The van der Waals surface area contributed by atoms with E-state index in [2.05, 4.69) is 15.0 Å². The first-order valence-corrected chi connectivity index (χ1v) is 21.0. The fourth-order valence-corrected chi connectivity index (χ4v) is 9.44. The predicted molar refractivity (Wildman–Crippen MR) is 202 cm³/mol. The van der Waals surface area contributed by atoms with Gasteiger partial charge in [0.25, 0.3) is 5.91 Å². The number of halogens is 3. The second kappa shape index (κ2) is 16.3. The quantitative estimate of drug-likeness (QED) is 0.271. The van der Waals surface area contributed by atoms with Gasteiger partial charge >= 0.3 is 12.3 Å². The highest BCUT2D eigenvalue weighted by Gasteiger charge is 2.62. The molecule has 0 unspecified atom stereocenters. The number of carbonyl (C=O) groups is 4. The molecule has 1 aromatic heterocycles. The van der Waals surface area contributed by atoms with E-state index in [-0.39, 0.29) is 42.5 Å². The van der Waals surface area contributed by atoms with Gasteiger partial charge in [0.2, 0.25) is 27.7 Å². The summed E-state index contributed by atoms with van der Waals surface area (Å²) in [7, 11) is -4.01. The Bertz CT molecular complexity index is 2010. The Labute approximate surface area is 329 Å². The van der Waals surface area contributed by atoms with Gasteiger partial charge in [-0.15, -0.1) is 0 Å². The van der Waals surface area contributed by atoms with Gasteiger partial charge < -0.3 is 24.8 Å². The van der Waals surface area contributed by atoms with Crippen LogP contribution >= 0.6 is 0 Å². The van der Waals surface area contributed by atoms with E-state index in [0.717, 1.165) is 11.3 Å². The second-order valence-electron chi connectivity index (χ2n) is 15.9. The van der Waals surface area contributed by atoms with E-state index in [0.29, 0.717) is 55.7 Å². The minimum atomic E-state index is -5.03. The molecule has 3 heterocycles. The number of aromatic nitrogens is 1. The maximum absolute atomic E-state index is 14.9. The third-order valence-electron chi connectivity index (χ3n) is 11.4. The SMILES string of the molecule is CCCOc1cnc(O[C@@H]2C[C@H]3C(=O)N[C@]4(C(=O)NS(=O)(=O)C5CC5)C[C@H]4/C=C\CC[C@H](C)C[C@@H](C)[C@H](N(C(=O)O)[C@H](C)C(F)(F)F)C(=O)N3C2)c2ccccc12. The number of rotatable bonds is 10. The van der Waals surface area contributed by atoms with Gasteiger partial charge in [0, 0.05) is 23.1 Å². The Kier molecular flexibility index (Phi) is 12.0. The molecule has 8 atom stereocenters. The number of ether oxygens (including phenoxy) is 2. The Morgan fingerprint density at radius 3 is 2.49 bits per heavy atom. The molecule has 2 aliphatic heterocycles. The number of carboxylic acid groups (broad SMARTS) is 1. The van der Waals surface area contributed by atoms with Gasteiger partial charge in [0.05, 0.1) is 24.6 Å². The zero-order chi connectivity index (χ0) is 41.4. The van der Waals surface area contributed by atoms with Crippen LogP contribution < -0.4 is 19.5 Å². The van der Waals surface area contributed by atoms with Crippen LogP contribution in [0.15, 0.2) is 42.6 Å². The maximum Gasteiger partial charge on any atom is 0.408 e. The molecule has 6 rings (SSSR count). The summed E-state index contributed by atoms with van der Waals surface area (Å²) < 4.78 is 83.0. The number of allylic oxidation sites excluding steroid dienone is 1. The van der Waals surface area contributed by atoms with Gasteiger partial charge in [-0.2, -0.15) is 13.2 Å². The second-order valence-corrected chi connectivity index (χ2v) is 17.9. The summed E-state index contributed by atoms with van der Waals surface area (Å²) in [6, 6.07) is 1.24. The number of hydrogen-bond donors (Lipinski definition) is 3. The third kappa shape index (κ3) is 8.94. The number of benzene rings is 1. The van der Waals surface area contributed by atoms with Crippen molar-refractivity contribution in [2.24, 2.45) is 17.8 Å². The van der Waals surface area contributed by atoms with E-state index in [4.69, 9.17) is 9.47 Å². The van der Waals surface area contributed by atoms with E-state index in [1.807, 2.05) is 26.0 Å². The minimum absolute atomic E-state index is 0.0648. The van der Waals surface area contributed by atoms with E-state index in [1.165, 1.54) is 13.1 Å². The van der Waals surface area contributed by atoms with Crippen molar-refractivity contribution in [3.63, 3.8) is 0 Å². The summed E-state index contributed by atoms with van der Waals surface area (Å²) in [6.45, 7) is 6.10. The summed E-state index contributed by atoms with van der Waals surface area (Å²) in [6.07, 6.45) is -0.359. The number of nitrogens with zero attached hydrogens (tertiary/aromatic N) is 3. The molecule has 312 valence electrons. The van der Waals surface area contributed by atoms with Gasteiger partial charge in [0.15, 0.2) is 0 Å². The molecular weight excluding hydrogens is 772 g/mol. The number of fused-ring (bicyclic) bond motifs is 3. The van der Waals surface area contributed by atoms with Crippen molar-refractivity contribution in [1.29, 1.82) is 0 Å². The van der Waals surface area contributed by atoms with Gasteiger partial charge in [-0.1, -0.05) is 51.1 Å². The average Bonchev–Trinajstić information content (AvgIpc) is 4.07. The molecule has 0 spiro atoms. The monoisotopic (exact) mass is 821 g/mol. The molecule has 1 saturated heterocycles. The molecule has 3 fully saturated rings. The lowest BCUT2D eigenvalue weighted by atomic mass is 9.86. The van der Waals surface area contributed by atoms with E-state index < -0.39 is 86.9 Å². The number of carbonyl (C=O) groups excluding carboxylic acids is 3. The minimum Gasteiger partial charge on any atom is -0.491 e. The molecule has 2 saturated carbocycles. The number of sulfonamides is 1. The summed E-state index contributed by atoms with van der Waals surface area (Å²) >= 11 is 0. The molecule has 57 heavy (non-hydrogen) atoms. The molecular formula is C39H50F3N5O9S. The first-order chi connectivity index (χ1) is 26.9. The average molecular weight is 822 g/mol. The van der Waals surface area contributed by atoms with Crippen LogP contribution in [0.3, 0.4) is 0 Å². The molecule has 2 aliphatic carbocycles. The first kappa shape index (κ1) is 42.0. The van der Waals surface area contributed by atoms with E-state index in [9.17, 15) is 45.9 Å². The highest BCUT2D eigenvalue weighted by molar-refractivity contribution is 7.91. The summed E-state index contributed by atoms with van der Waals surface area (Å²) in [5, 5.41) is 13.5. The number of nitrogens with one attached hydrogen (secondary N) is 2. The number of hydrogen-bond acceptors (Lipinski definition) is 9. The smallest absolute Gasteiger partial charge is 0.408 e. The maximum atomic E-state index is 14.9. The van der Waals surface area contributed by atoms with Crippen LogP contribution in [-0.4, -0.2) is 106 Å². The van der Waals surface area contributed by atoms with E-state index >= 15 is 0 Å². The fourth-order valence-electron chi connectivity index (χ4n) is 8.07. The highest BCUT2D eigenvalue weighted by atomic mass is 32.2. The molecule has 4 amide bonds. The number of pyridine rings is 1. The highest BCUT2D eigenvalue weighted by Crippen LogP contribution is 2.46. The topological polar surface area (TPSA) is 185 Å². The van der Waals surface area contributed by atoms with Crippen LogP contribution in [0.25, 0.3) is 10.8 Å². The molecule has 2 aromatic rings. The zero-order valence-corrected chi connectivity index (χ0v) is 33.1. The van der Waals surface area contributed by atoms with Crippen molar-refractivity contribution >= 4 is 44.6 Å². The molecule has 1 aromatic carbocycles. The predicted octanol–water partition coefficient (Wildman–Crippen LogP) is 5.17. The van der Waals surface area contributed by atoms with Crippen molar-refractivity contribution in [1.82, 2.24) is 24.8 Å². The largest absolute Gasteiger partial charge is 0.491 e. The van der Waals surface area contributed by atoms with Gasteiger partial charge in [0.1, 0.15) is 35.5 Å². The first-order valence-electron chi connectivity index (χ1n) is 19.5. The standard InChI is InChI=1S/C39H50F3N5O9S/c1-5-16-55-31-20-43-34(29-13-9-8-12-28(29)31)56-26-18-30-33(48)44-38(36(50)45-57(53,54)27-14-15-27)19-25(38)11-7-6-10-22(2)17-23(3)32(35(49)46(30)21-26)47(37(51)52)24(4)39(40,41)42/h7-9,11-13,20,22-27,30,32H,5-6,10,14-19,21H2,1-4H3,(H,44,48)(H,45,50)(H,51,52)/b11-7-/t22-,23+,24+,25+,26+,30-,32-,38+/m0/s1. The lowest BCUT2D eigenvalue weighted by molar-refractivity contribution is -0.184. The molecule has 0 radical (unpaired) electrons. The van der Waals surface area contributed by atoms with Crippen LogP contribution in [0.4, 0.5) is 18.0 Å². The Morgan fingerprint density at radius 1 is 1.14 bits per heavy atom. The van der Waals surface area contributed by atoms with Crippen molar-refractivity contribution in [3.8, 4) is 11.6 Å². The Balaban J connectivity index is 1.40. The van der Waals surface area contributed by atoms with Crippen LogP contribution in [-0.2, 0) is 24.4 Å². The zero-order valence-electron chi connectivity index (χ0n) is 32.3. The Hall–Kier alpha value is -4.61. The van der Waals surface area contributed by atoms with Crippen molar-refractivity contribution in [3.05, 3.63) is 42.6 Å². The van der Waals surface area contributed by atoms with Crippen LogP contribution in [0.2, 0.25) is 0 Å². The summed E-state index contributed by atoms with van der Waals surface area (Å²) in [5.74, 6) is -3.87. The molecule has 14 nitrogen and oxygen atoms in total. The van der Waals surface area contributed by atoms with Gasteiger partial charge in [-0.05, 0) is 69.8 Å². The summed E-state index contributed by atoms with van der Waals surface area (Å²) in [5.41, 5.74) is -1.69. The van der Waals surface area contributed by atoms with Crippen molar-refractivity contribution < 1.29 is 55.3 Å². The fraction of sp³-hybridized carbons (Fsp3) is 0.615. The lowest BCUT2D eigenvalue weighted by Crippen LogP contribution is -2.62. The molecule has 3 N–H and O–H groups in total. The molecule has 18 heteroatoms. The molecule has 0 bridgehead atoms. The van der Waals surface area contributed by atoms with Crippen molar-refractivity contribution in [2.75, 3.05) is 13.2 Å². The van der Waals surface area contributed by atoms with Crippen LogP contribution in [0, 0.1) is 17.8 Å². The van der Waals surface area contributed by atoms with Crippen molar-refractivity contribution in [2.45, 2.75) is 120 Å². The normalized spacial score (nSPS) is 29.5. The Morgan fingerprint density at radius 2 is 1.84 bits per heavy atom. The van der Waals surface area contributed by atoms with E-state index in [1.54, 1.807) is 24.3 Å². The van der Waals surface area contributed by atoms with Crippen LogP contribution in [0.5, 0.6) is 11.6 Å². The summed E-state index contributed by atoms with van der Waals surface area (Å²) in [4.78, 5) is 61.4. The lowest BCUT2D eigenvalue weighted by Gasteiger charge is -2.40. The van der Waals surface area contributed by atoms with Gasteiger partial charge in [-0.3, -0.25) is 24.0 Å². The third-order valence-corrected chi connectivity index (χ3v) is 13.3. The van der Waals surface area contributed by atoms with Gasteiger partial charge in [-0.25, -0.2) is 18.2 Å². The number of amides is 4. The number of alkyl halides is 3.